The van der Waals surface area contributed by atoms with Crippen LogP contribution in [-0.4, -0.2) is 22.8 Å². The highest BCUT2D eigenvalue weighted by molar-refractivity contribution is 6.70. The third-order valence-corrected chi connectivity index (χ3v) is 8.64. The summed E-state index contributed by atoms with van der Waals surface area (Å²) in [5, 5.41) is 0. The average molecular weight is 216 g/mol. The van der Waals surface area contributed by atoms with Crippen molar-refractivity contribution in [3.05, 3.63) is 0 Å². The van der Waals surface area contributed by atoms with E-state index in [1.807, 2.05) is 14.2 Å². The van der Waals surface area contributed by atoms with E-state index in [4.69, 9.17) is 8.85 Å². The molecule has 1 atom stereocenters. The van der Waals surface area contributed by atoms with Crippen molar-refractivity contribution in [2.45, 2.75) is 57.0 Å². The molecule has 0 heterocycles. The van der Waals surface area contributed by atoms with E-state index in [2.05, 4.69) is 13.8 Å². The molecule has 0 N–H and O–H groups in total. The summed E-state index contributed by atoms with van der Waals surface area (Å²) in [6, 6.07) is 0. The van der Waals surface area contributed by atoms with Crippen molar-refractivity contribution in [3.8, 4) is 0 Å². The number of hydrogen-bond acceptors (Lipinski definition) is 2. The Kier molecular flexibility index (Phi) is 4.61. The van der Waals surface area contributed by atoms with Crippen molar-refractivity contribution in [3.63, 3.8) is 0 Å². The molecule has 14 heavy (non-hydrogen) atoms. The molecule has 1 rings (SSSR count). The van der Waals surface area contributed by atoms with Crippen LogP contribution in [0.25, 0.3) is 0 Å². The molecular formula is C11H24O2Si. The van der Waals surface area contributed by atoms with E-state index in [1.165, 1.54) is 32.1 Å². The summed E-state index contributed by atoms with van der Waals surface area (Å²) in [7, 11) is 1.78. The molecule has 0 spiro atoms. The fraction of sp³-hybridized carbons (Fsp3) is 1.00. The normalized spacial score (nSPS) is 21.4. The Balaban J connectivity index is 2.77. The van der Waals surface area contributed by atoms with Gasteiger partial charge < -0.3 is 8.85 Å². The molecule has 0 saturated heterocycles. The molecule has 1 aliphatic carbocycles. The predicted molar refractivity (Wildman–Crippen MR) is 61.7 cm³/mol. The summed E-state index contributed by atoms with van der Waals surface area (Å²) in [5.41, 5.74) is 1.34. The highest BCUT2D eigenvalue weighted by atomic mass is 28.4. The van der Waals surface area contributed by atoms with Crippen LogP contribution < -0.4 is 0 Å². The molecule has 0 bridgehead atoms. The SMILES string of the molecule is CCC(C)[Si](OC)(OC)C1CCCC1. The van der Waals surface area contributed by atoms with Gasteiger partial charge in [0.25, 0.3) is 0 Å². The molecule has 2 nitrogen and oxygen atoms in total. The first-order valence-electron chi connectivity index (χ1n) is 5.81. The lowest BCUT2D eigenvalue weighted by Crippen LogP contribution is -2.48. The summed E-state index contributed by atoms with van der Waals surface area (Å²) in [6.45, 7) is 4.52. The maximum absolute atomic E-state index is 5.84. The molecular weight excluding hydrogens is 192 g/mol. The lowest BCUT2D eigenvalue weighted by atomic mass is 10.3. The zero-order valence-electron chi connectivity index (χ0n) is 10.0. The van der Waals surface area contributed by atoms with Crippen molar-refractivity contribution in [1.82, 2.24) is 0 Å². The first-order valence-corrected chi connectivity index (χ1v) is 7.78. The number of rotatable bonds is 5. The van der Waals surface area contributed by atoms with Crippen LogP contribution in [0.1, 0.15) is 46.0 Å². The second-order valence-corrected chi connectivity index (χ2v) is 8.48. The molecule has 0 aliphatic heterocycles. The van der Waals surface area contributed by atoms with Gasteiger partial charge in [0.1, 0.15) is 0 Å². The van der Waals surface area contributed by atoms with Gasteiger partial charge in [-0.05, 0) is 18.4 Å². The first-order chi connectivity index (χ1) is 6.71. The minimum absolute atomic E-state index is 0.612. The van der Waals surface area contributed by atoms with Crippen LogP contribution in [0.5, 0.6) is 0 Å². The van der Waals surface area contributed by atoms with Crippen molar-refractivity contribution >= 4 is 8.56 Å². The third kappa shape index (κ3) is 2.04. The monoisotopic (exact) mass is 216 g/mol. The van der Waals surface area contributed by atoms with Crippen LogP contribution in [0.4, 0.5) is 0 Å². The molecule has 0 aromatic heterocycles. The smallest absolute Gasteiger partial charge is 0.343 e. The highest BCUT2D eigenvalue weighted by Crippen LogP contribution is 2.45. The van der Waals surface area contributed by atoms with E-state index in [-0.39, 0.29) is 0 Å². The van der Waals surface area contributed by atoms with Crippen LogP contribution in [0.2, 0.25) is 11.1 Å². The van der Waals surface area contributed by atoms with Gasteiger partial charge >= 0.3 is 8.56 Å². The van der Waals surface area contributed by atoms with Crippen LogP contribution in [0.3, 0.4) is 0 Å². The van der Waals surface area contributed by atoms with E-state index in [0.717, 1.165) is 5.54 Å². The zero-order chi connectivity index (χ0) is 10.6. The van der Waals surface area contributed by atoms with Crippen molar-refractivity contribution in [2.24, 2.45) is 0 Å². The second-order valence-electron chi connectivity index (χ2n) is 4.42. The largest absolute Gasteiger partial charge is 0.397 e. The zero-order valence-corrected chi connectivity index (χ0v) is 11.0. The van der Waals surface area contributed by atoms with E-state index in [0.29, 0.717) is 5.54 Å². The van der Waals surface area contributed by atoms with Crippen LogP contribution in [0, 0.1) is 0 Å². The van der Waals surface area contributed by atoms with E-state index < -0.39 is 8.56 Å². The summed E-state index contributed by atoms with van der Waals surface area (Å²) < 4.78 is 11.7. The average Bonchev–Trinajstić information content (AvgIpc) is 2.74. The van der Waals surface area contributed by atoms with Crippen LogP contribution >= 0.6 is 0 Å². The summed E-state index contributed by atoms with van der Waals surface area (Å²) >= 11 is 0. The molecule has 3 heteroatoms. The minimum atomic E-state index is -1.91. The molecule has 1 unspecified atom stereocenters. The van der Waals surface area contributed by atoms with Gasteiger partial charge in [0, 0.05) is 19.8 Å². The molecule has 1 aliphatic rings. The van der Waals surface area contributed by atoms with Gasteiger partial charge in [0.2, 0.25) is 0 Å². The van der Waals surface area contributed by atoms with Crippen molar-refractivity contribution in [2.75, 3.05) is 14.2 Å². The van der Waals surface area contributed by atoms with Crippen LogP contribution in [0.15, 0.2) is 0 Å². The van der Waals surface area contributed by atoms with Gasteiger partial charge in [-0.3, -0.25) is 0 Å². The topological polar surface area (TPSA) is 18.5 Å². The molecule has 84 valence electrons. The maximum Gasteiger partial charge on any atom is 0.343 e. The van der Waals surface area contributed by atoms with Gasteiger partial charge in [-0.1, -0.05) is 33.1 Å². The Morgan fingerprint density at radius 2 is 1.71 bits per heavy atom. The van der Waals surface area contributed by atoms with Gasteiger partial charge in [-0.15, -0.1) is 0 Å². The summed E-state index contributed by atoms with van der Waals surface area (Å²) in [5.74, 6) is 0. The van der Waals surface area contributed by atoms with Crippen LogP contribution in [-0.2, 0) is 8.85 Å². The molecule has 1 fully saturated rings. The standard InChI is InChI=1S/C11H24O2Si/c1-5-10(2)14(12-3,13-4)11-8-6-7-9-11/h10-11H,5-9H2,1-4H3. The quantitative estimate of drug-likeness (QED) is 0.655. The predicted octanol–water partition coefficient (Wildman–Crippen LogP) is 3.47. The highest BCUT2D eigenvalue weighted by Gasteiger charge is 2.49. The lowest BCUT2D eigenvalue weighted by molar-refractivity contribution is 0.215. The Morgan fingerprint density at radius 1 is 1.21 bits per heavy atom. The van der Waals surface area contributed by atoms with Crippen molar-refractivity contribution in [1.29, 1.82) is 0 Å². The fourth-order valence-corrected chi connectivity index (χ4v) is 7.06. The van der Waals surface area contributed by atoms with E-state index in [1.54, 1.807) is 0 Å². The fourth-order valence-electron chi connectivity index (χ4n) is 2.83. The lowest BCUT2D eigenvalue weighted by Gasteiger charge is -2.37. The molecule has 1 saturated carbocycles. The first kappa shape index (κ1) is 12.2. The molecule has 0 amide bonds. The minimum Gasteiger partial charge on any atom is -0.397 e. The molecule has 0 aromatic rings. The van der Waals surface area contributed by atoms with E-state index >= 15 is 0 Å². The Morgan fingerprint density at radius 3 is 2.07 bits per heavy atom. The Hall–Kier alpha value is 0.137. The maximum atomic E-state index is 5.84. The van der Waals surface area contributed by atoms with Gasteiger partial charge in [0.05, 0.1) is 0 Å². The second kappa shape index (κ2) is 5.28. The third-order valence-electron chi connectivity index (χ3n) is 3.86. The van der Waals surface area contributed by atoms with E-state index in [9.17, 15) is 0 Å². The molecule has 0 radical (unpaired) electrons. The summed E-state index contributed by atoms with van der Waals surface area (Å²) in [4.78, 5) is 0. The summed E-state index contributed by atoms with van der Waals surface area (Å²) in [6.07, 6.45) is 6.53. The number of hydrogen-bond donors (Lipinski definition) is 0. The Bertz CT molecular complexity index is 163. The van der Waals surface area contributed by atoms with Gasteiger partial charge in [-0.25, -0.2) is 0 Å². The van der Waals surface area contributed by atoms with Gasteiger partial charge in [-0.2, -0.15) is 0 Å². The van der Waals surface area contributed by atoms with Gasteiger partial charge in [0.15, 0.2) is 0 Å². The molecule has 0 aromatic carbocycles. The van der Waals surface area contributed by atoms with Crippen molar-refractivity contribution < 1.29 is 8.85 Å². The Labute approximate surface area is 89.2 Å².